The zero-order chi connectivity index (χ0) is 22.4. The number of nitrogens with one attached hydrogen (secondary N) is 1. The Morgan fingerprint density at radius 3 is 2.88 bits per heavy atom. The van der Waals surface area contributed by atoms with Crippen LogP contribution in [0, 0.1) is 18.2 Å². The molecule has 2 fully saturated rings. The lowest BCUT2D eigenvalue weighted by atomic mass is 9.61. The van der Waals surface area contributed by atoms with Gasteiger partial charge in [0.15, 0.2) is 5.82 Å². The Labute approximate surface area is 191 Å². The first kappa shape index (κ1) is 20.3. The summed E-state index contributed by atoms with van der Waals surface area (Å²) in [6.45, 7) is 5.34. The van der Waals surface area contributed by atoms with Crippen LogP contribution in [0.3, 0.4) is 0 Å². The molecule has 1 saturated carbocycles. The second-order valence-corrected chi connectivity index (χ2v) is 9.27. The Hall–Kier alpha value is -3.33. The summed E-state index contributed by atoms with van der Waals surface area (Å²) >= 11 is 0. The number of aryl methyl sites for hydroxylation is 1. The molecule has 0 amide bonds. The predicted molar refractivity (Wildman–Crippen MR) is 119 cm³/mol. The molecule has 1 aliphatic carbocycles. The van der Waals surface area contributed by atoms with Crippen LogP contribution in [0.25, 0.3) is 0 Å². The van der Waals surface area contributed by atoms with E-state index in [1.54, 1.807) is 13.0 Å². The minimum atomic E-state index is -0.299. The van der Waals surface area contributed by atoms with Gasteiger partial charge in [0.05, 0.1) is 0 Å². The van der Waals surface area contributed by atoms with Crippen LogP contribution in [0.15, 0.2) is 36.8 Å². The number of ether oxygens (including phenoxy) is 2. The predicted octanol–water partition coefficient (Wildman–Crippen LogP) is 3.20. The molecular formula is C24H25FN6O2. The lowest BCUT2D eigenvalue weighted by Gasteiger charge is -2.58. The van der Waals surface area contributed by atoms with Gasteiger partial charge in [0.2, 0.25) is 0 Å². The third-order valence-corrected chi connectivity index (χ3v) is 6.82. The Balaban J connectivity index is 1.09. The Morgan fingerprint density at radius 2 is 2.03 bits per heavy atom. The van der Waals surface area contributed by atoms with Crippen LogP contribution in [0.1, 0.15) is 29.7 Å². The van der Waals surface area contributed by atoms with Gasteiger partial charge in [-0.1, -0.05) is 0 Å². The molecule has 3 aromatic rings. The van der Waals surface area contributed by atoms with Gasteiger partial charge in [-0.2, -0.15) is 0 Å². The van der Waals surface area contributed by atoms with Gasteiger partial charge in [-0.05, 0) is 49.6 Å². The molecule has 170 valence electrons. The second-order valence-electron chi connectivity index (χ2n) is 9.27. The van der Waals surface area contributed by atoms with Crippen molar-refractivity contribution in [1.29, 1.82) is 0 Å². The molecular weight excluding hydrogens is 423 g/mol. The number of hydrogen-bond acceptors (Lipinski definition) is 8. The summed E-state index contributed by atoms with van der Waals surface area (Å²) in [5.74, 6) is 2.21. The molecule has 0 unspecified atom stereocenters. The van der Waals surface area contributed by atoms with Crippen molar-refractivity contribution < 1.29 is 13.9 Å². The fourth-order valence-electron chi connectivity index (χ4n) is 5.16. The van der Waals surface area contributed by atoms with Crippen molar-refractivity contribution in [3.63, 3.8) is 0 Å². The monoisotopic (exact) mass is 448 g/mol. The Kier molecular flexibility index (Phi) is 4.86. The number of aromatic nitrogens is 4. The molecule has 8 nitrogen and oxygen atoms in total. The summed E-state index contributed by atoms with van der Waals surface area (Å²) < 4.78 is 25.7. The summed E-state index contributed by atoms with van der Waals surface area (Å²) in [6.07, 6.45) is 6.48. The Morgan fingerprint density at radius 1 is 1.15 bits per heavy atom. The molecule has 6 rings (SSSR count). The number of fused-ring (bicyclic) bond motifs is 1. The first-order valence-electron chi connectivity index (χ1n) is 11.3. The normalized spacial score (nSPS) is 18.9. The fourth-order valence-corrected chi connectivity index (χ4v) is 5.16. The molecule has 1 aromatic carbocycles. The molecule has 1 spiro atoms. The van der Waals surface area contributed by atoms with Crippen LogP contribution < -0.4 is 19.7 Å². The maximum absolute atomic E-state index is 13.4. The minimum absolute atomic E-state index is 0.224. The van der Waals surface area contributed by atoms with Crippen molar-refractivity contribution in [1.82, 2.24) is 25.5 Å². The van der Waals surface area contributed by atoms with Crippen LogP contribution in [-0.4, -0.2) is 45.9 Å². The molecule has 1 saturated heterocycles. The minimum Gasteiger partial charge on any atom is -0.490 e. The SMILES string of the molecule is Cc1cc(F)ccc1Oc1nncnc1N1CC2(CC(Oc3ccnc4c3CNCC4)C2)C1. The van der Waals surface area contributed by atoms with Gasteiger partial charge in [-0.3, -0.25) is 4.98 Å². The van der Waals surface area contributed by atoms with E-state index in [1.165, 1.54) is 24.0 Å². The third kappa shape index (κ3) is 3.76. The van der Waals surface area contributed by atoms with Gasteiger partial charge in [-0.15, -0.1) is 10.2 Å². The van der Waals surface area contributed by atoms with Gasteiger partial charge in [0, 0.05) is 55.5 Å². The summed E-state index contributed by atoms with van der Waals surface area (Å²) in [4.78, 5) is 11.1. The number of nitrogens with zero attached hydrogens (tertiary/aromatic N) is 5. The van der Waals surface area contributed by atoms with Gasteiger partial charge in [0.1, 0.15) is 29.7 Å². The zero-order valence-electron chi connectivity index (χ0n) is 18.4. The zero-order valence-corrected chi connectivity index (χ0v) is 18.4. The summed E-state index contributed by atoms with van der Waals surface area (Å²) in [5, 5.41) is 11.4. The first-order valence-corrected chi connectivity index (χ1v) is 11.3. The van der Waals surface area contributed by atoms with E-state index in [4.69, 9.17) is 9.47 Å². The largest absolute Gasteiger partial charge is 0.490 e. The van der Waals surface area contributed by atoms with Crippen molar-refractivity contribution in [2.24, 2.45) is 5.41 Å². The van der Waals surface area contributed by atoms with Crippen molar-refractivity contribution >= 4 is 5.82 Å². The number of rotatable bonds is 5. The second kappa shape index (κ2) is 7.91. The molecule has 0 bridgehead atoms. The molecule has 0 atom stereocenters. The van der Waals surface area contributed by atoms with Gasteiger partial charge in [-0.25, -0.2) is 9.37 Å². The van der Waals surface area contributed by atoms with Crippen molar-refractivity contribution in [2.45, 2.75) is 38.8 Å². The fraction of sp³-hybridized carbons (Fsp3) is 0.417. The highest BCUT2D eigenvalue weighted by Gasteiger charge is 2.54. The molecule has 33 heavy (non-hydrogen) atoms. The van der Waals surface area contributed by atoms with Crippen molar-refractivity contribution in [2.75, 3.05) is 24.5 Å². The van der Waals surface area contributed by atoms with Crippen molar-refractivity contribution in [3.8, 4) is 17.4 Å². The number of halogens is 1. The average Bonchev–Trinajstić information content (AvgIpc) is 2.77. The van der Waals surface area contributed by atoms with Crippen LogP contribution in [-0.2, 0) is 13.0 Å². The van der Waals surface area contributed by atoms with Crippen LogP contribution in [0.5, 0.6) is 17.4 Å². The highest BCUT2D eigenvalue weighted by molar-refractivity contribution is 5.53. The van der Waals surface area contributed by atoms with E-state index >= 15 is 0 Å². The van der Waals surface area contributed by atoms with E-state index < -0.39 is 0 Å². The maximum atomic E-state index is 13.4. The van der Waals surface area contributed by atoms with Crippen LogP contribution >= 0.6 is 0 Å². The van der Waals surface area contributed by atoms with Gasteiger partial charge < -0.3 is 19.7 Å². The number of hydrogen-bond donors (Lipinski definition) is 1. The Bertz CT molecular complexity index is 1190. The molecule has 9 heteroatoms. The summed E-state index contributed by atoms with van der Waals surface area (Å²) in [6, 6.07) is 6.39. The van der Waals surface area contributed by atoms with E-state index in [0.29, 0.717) is 23.0 Å². The quantitative estimate of drug-likeness (QED) is 0.637. The molecule has 1 N–H and O–H groups in total. The summed E-state index contributed by atoms with van der Waals surface area (Å²) in [7, 11) is 0. The van der Waals surface area contributed by atoms with E-state index in [2.05, 4.69) is 30.4 Å². The smallest absolute Gasteiger partial charge is 0.282 e. The topological polar surface area (TPSA) is 85.3 Å². The number of benzene rings is 1. The maximum Gasteiger partial charge on any atom is 0.282 e. The van der Waals surface area contributed by atoms with Crippen molar-refractivity contribution in [3.05, 3.63) is 59.4 Å². The lowest BCUT2D eigenvalue weighted by Crippen LogP contribution is -2.65. The first-order chi connectivity index (χ1) is 16.1. The molecule has 2 aromatic heterocycles. The molecule has 3 aliphatic rings. The molecule has 2 aliphatic heterocycles. The average molecular weight is 449 g/mol. The van der Waals surface area contributed by atoms with Gasteiger partial charge >= 0.3 is 0 Å². The van der Waals surface area contributed by atoms with Gasteiger partial charge in [0.25, 0.3) is 5.88 Å². The number of anilines is 1. The molecule has 0 radical (unpaired) electrons. The van der Waals surface area contributed by atoms with Crippen LogP contribution in [0.2, 0.25) is 0 Å². The standard InChI is InChI=1S/C24H25FN6O2/c1-15-8-16(25)2-3-20(15)33-23-22(28-14-29-30-23)31-12-24(13-31)9-17(10-24)32-21-5-7-27-19-4-6-26-11-18(19)21/h2-3,5,7-8,14,17,26H,4,6,9-13H2,1H3. The summed E-state index contributed by atoms with van der Waals surface area (Å²) in [5.41, 5.74) is 3.28. The van der Waals surface area contributed by atoms with E-state index in [-0.39, 0.29) is 17.3 Å². The molecule has 4 heterocycles. The third-order valence-electron chi connectivity index (χ3n) is 6.82. The lowest BCUT2D eigenvalue weighted by molar-refractivity contribution is -0.0350. The van der Waals surface area contributed by atoms with E-state index in [0.717, 1.165) is 56.9 Å². The highest BCUT2D eigenvalue weighted by atomic mass is 19.1. The highest BCUT2D eigenvalue weighted by Crippen LogP contribution is 2.51. The van der Waals surface area contributed by atoms with E-state index in [1.807, 2.05) is 12.3 Å². The van der Waals surface area contributed by atoms with E-state index in [9.17, 15) is 4.39 Å². The van der Waals surface area contributed by atoms with Crippen LogP contribution in [0.4, 0.5) is 10.2 Å². The number of pyridine rings is 1.